The minimum Gasteiger partial charge on any atom is -0.398 e. The van der Waals surface area contributed by atoms with Crippen molar-refractivity contribution in [3.63, 3.8) is 0 Å². The summed E-state index contributed by atoms with van der Waals surface area (Å²) in [5.74, 6) is 0. The Morgan fingerprint density at radius 2 is 1.94 bits per heavy atom. The maximum Gasteiger partial charge on any atom is 0.108 e. The normalized spacial score (nSPS) is 12.4. The van der Waals surface area contributed by atoms with Crippen molar-refractivity contribution >= 4 is 37.5 Å². The van der Waals surface area contributed by atoms with Gasteiger partial charge in [0.25, 0.3) is 0 Å². The molecule has 1 atom stereocenters. The number of nitrogen functional groups attached to an aromatic ring is 1. The van der Waals surface area contributed by atoms with Gasteiger partial charge >= 0.3 is 0 Å². The Balaban J connectivity index is 2.40. The minimum absolute atomic E-state index is 0.534. The highest BCUT2D eigenvalue weighted by atomic mass is 79.9. The predicted molar refractivity (Wildman–Crippen MR) is 74.6 cm³/mol. The number of aliphatic hydroxyl groups is 1. The molecule has 0 aliphatic carbocycles. The average Bonchev–Trinajstić information content (AvgIpc) is 2.32. The van der Waals surface area contributed by atoms with Crippen molar-refractivity contribution < 1.29 is 5.11 Å². The lowest BCUT2D eigenvalue weighted by atomic mass is 10.0. The lowest BCUT2D eigenvalue weighted by Gasteiger charge is -2.13. The fourth-order valence-corrected chi connectivity index (χ4v) is 2.15. The van der Waals surface area contributed by atoms with Crippen LogP contribution in [0.4, 0.5) is 5.69 Å². The summed E-state index contributed by atoms with van der Waals surface area (Å²) in [5, 5.41) is 10.2. The van der Waals surface area contributed by atoms with E-state index in [-0.39, 0.29) is 0 Å². The zero-order valence-corrected chi connectivity index (χ0v) is 11.9. The average molecular weight is 358 g/mol. The van der Waals surface area contributed by atoms with Crippen molar-refractivity contribution in [2.45, 2.75) is 6.10 Å². The van der Waals surface area contributed by atoms with Crippen LogP contribution in [0.5, 0.6) is 0 Å². The van der Waals surface area contributed by atoms with Crippen molar-refractivity contribution in [2.24, 2.45) is 0 Å². The fourth-order valence-electron chi connectivity index (χ4n) is 1.51. The number of anilines is 1. The van der Waals surface area contributed by atoms with E-state index in [1.807, 2.05) is 18.2 Å². The van der Waals surface area contributed by atoms with E-state index >= 15 is 0 Å². The molecule has 0 bridgehead atoms. The van der Waals surface area contributed by atoms with Gasteiger partial charge in [-0.1, -0.05) is 6.07 Å². The van der Waals surface area contributed by atoms with Crippen molar-refractivity contribution in [2.75, 3.05) is 5.73 Å². The molecule has 1 unspecified atom stereocenters. The fraction of sp³-hybridized carbons (Fsp3) is 0.0833. The number of halogens is 2. The third-order valence-electron chi connectivity index (χ3n) is 2.44. The maximum absolute atomic E-state index is 10.2. The van der Waals surface area contributed by atoms with Gasteiger partial charge in [0.1, 0.15) is 6.10 Å². The Labute approximate surface area is 116 Å². The van der Waals surface area contributed by atoms with E-state index in [1.54, 1.807) is 18.5 Å². The van der Waals surface area contributed by atoms with Gasteiger partial charge in [-0.3, -0.25) is 4.98 Å². The summed E-state index contributed by atoms with van der Waals surface area (Å²) in [4.78, 5) is 3.97. The second-order valence-electron chi connectivity index (χ2n) is 3.58. The van der Waals surface area contributed by atoms with Gasteiger partial charge in [0.15, 0.2) is 0 Å². The molecule has 88 valence electrons. The van der Waals surface area contributed by atoms with Crippen LogP contribution in [-0.4, -0.2) is 10.1 Å². The van der Waals surface area contributed by atoms with Crippen LogP contribution in [0.1, 0.15) is 17.2 Å². The first-order valence-corrected chi connectivity index (χ1v) is 6.50. The zero-order valence-electron chi connectivity index (χ0n) is 8.77. The van der Waals surface area contributed by atoms with Crippen LogP contribution < -0.4 is 5.73 Å². The van der Waals surface area contributed by atoms with E-state index in [9.17, 15) is 5.11 Å². The number of nitrogens with two attached hydrogens (primary N) is 1. The first-order valence-electron chi connectivity index (χ1n) is 4.92. The second-order valence-corrected chi connectivity index (χ2v) is 5.29. The quantitative estimate of drug-likeness (QED) is 0.867. The molecule has 1 aromatic carbocycles. The lowest BCUT2D eigenvalue weighted by Crippen LogP contribution is -2.04. The number of hydrogen-bond acceptors (Lipinski definition) is 3. The molecular weight excluding hydrogens is 348 g/mol. The molecule has 0 amide bonds. The monoisotopic (exact) mass is 356 g/mol. The van der Waals surface area contributed by atoms with Gasteiger partial charge in [0.2, 0.25) is 0 Å². The number of rotatable bonds is 2. The molecule has 0 radical (unpaired) electrons. The SMILES string of the molecule is Nc1ccncc1C(O)c1ccc(Br)c(Br)c1. The van der Waals surface area contributed by atoms with Crippen LogP contribution in [0.3, 0.4) is 0 Å². The predicted octanol–water partition coefficient (Wildman–Crippen LogP) is 3.27. The Morgan fingerprint density at radius 3 is 2.59 bits per heavy atom. The largest absolute Gasteiger partial charge is 0.398 e. The van der Waals surface area contributed by atoms with Crippen molar-refractivity contribution in [3.8, 4) is 0 Å². The molecule has 0 saturated heterocycles. The molecule has 0 fully saturated rings. The van der Waals surface area contributed by atoms with Crippen LogP contribution in [0.25, 0.3) is 0 Å². The second kappa shape index (κ2) is 5.16. The molecule has 1 heterocycles. The van der Waals surface area contributed by atoms with Gasteiger partial charge < -0.3 is 10.8 Å². The molecule has 3 nitrogen and oxygen atoms in total. The Bertz CT molecular complexity index is 546. The van der Waals surface area contributed by atoms with Gasteiger partial charge in [-0.15, -0.1) is 0 Å². The maximum atomic E-state index is 10.2. The summed E-state index contributed by atoms with van der Waals surface area (Å²) in [6, 6.07) is 7.23. The van der Waals surface area contributed by atoms with E-state index in [0.717, 1.165) is 14.5 Å². The first kappa shape index (κ1) is 12.5. The summed E-state index contributed by atoms with van der Waals surface area (Å²) >= 11 is 6.78. The summed E-state index contributed by atoms with van der Waals surface area (Å²) < 4.78 is 1.82. The molecule has 2 aromatic rings. The molecule has 5 heteroatoms. The number of benzene rings is 1. The first-order chi connectivity index (χ1) is 8.09. The van der Waals surface area contributed by atoms with Gasteiger partial charge in [-0.05, 0) is 55.6 Å². The molecule has 1 aromatic heterocycles. The Kier molecular flexibility index (Phi) is 3.81. The number of pyridine rings is 1. The molecule has 0 saturated carbocycles. The van der Waals surface area contributed by atoms with Crippen LogP contribution in [0.2, 0.25) is 0 Å². The van der Waals surface area contributed by atoms with Crippen molar-refractivity contribution in [3.05, 3.63) is 56.7 Å². The molecule has 3 N–H and O–H groups in total. The zero-order chi connectivity index (χ0) is 12.4. The number of nitrogens with zero attached hydrogens (tertiary/aromatic N) is 1. The van der Waals surface area contributed by atoms with Gasteiger partial charge in [-0.25, -0.2) is 0 Å². The smallest absolute Gasteiger partial charge is 0.108 e. The topological polar surface area (TPSA) is 59.1 Å². The van der Waals surface area contributed by atoms with Crippen LogP contribution in [0.15, 0.2) is 45.6 Å². The summed E-state index contributed by atoms with van der Waals surface area (Å²) in [5.41, 5.74) is 7.72. The van der Waals surface area contributed by atoms with E-state index in [0.29, 0.717) is 11.3 Å². The third-order valence-corrected chi connectivity index (χ3v) is 4.32. The summed E-state index contributed by atoms with van der Waals surface area (Å²) in [6.45, 7) is 0. The van der Waals surface area contributed by atoms with Crippen LogP contribution in [0, 0.1) is 0 Å². The minimum atomic E-state index is -0.770. The highest BCUT2D eigenvalue weighted by Crippen LogP contribution is 2.30. The summed E-state index contributed by atoms with van der Waals surface area (Å²) in [7, 11) is 0. The van der Waals surface area contributed by atoms with E-state index in [1.165, 1.54) is 0 Å². The third kappa shape index (κ3) is 2.68. The number of aliphatic hydroxyl groups excluding tert-OH is 1. The van der Waals surface area contributed by atoms with Gasteiger partial charge in [0, 0.05) is 32.6 Å². The molecule has 0 aliphatic rings. The van der Waals surface area contributed by atoms with E-state index < -0.39 is 6.10 Å². The van der Waals surface area contributed by atoms with Crippen molar-refractivity contribution in [1.29, 1.82) is 0 Å². The molecule has 17 heavy (non-hydrogen) atoms. The Morgan fingerprint density at radius 1 is 1.18 bits per heavy atom. The van der Waals surface area contributed by atoms with E-state index in [4.69, 9.17) is 5.73 Å². The highest BCUT2D eigenvalue weighted by molar-refractivity contribution is 9.13. The number of aromatic nitrogens is 1. The summed E-state index contributed by atoms with van der Waals surface area (Å²) in [6.07, 6.45) is 2.41. The van der Waals surface area contributed by atoms with Gasteiger partial charge in [0.05, 0.1) is 0 Å². The molecular formula is C12H10Br2N2O. The van der Waals surface area contributed by atoms with Crippen LogP contribution in [-0.2, 0) is 0 Å². The van der Waals surface area contributed by atoms with E-state index in [2.05, 4.69) is 36.8 Å². The standard InChI is InChI=1S/C12H10Br2N2O/c13-9-2-1-7(5-10(9)14)12(17)8-6-16-4-3-11(8)15/h1-6,12,17H,(H2,15,16). The van der Waals surface area contributed by atoms with Gasteiger partial charge in [-0.2, -0.15) is 0 Å². The van der Waals surface area contributed by atoms with Crippen molar-refractivity contribution in [1.82, 2.24) is 4.98 Å². The van der Waals surface area contributed by atoms with Crippen LogP contribution >= 0.6 is 31.9 Å². The highest BCUT2D eigenvalue weighted by Gasteiger charge is 2.14. The molecule has 2 rings (SSSR count). The Hall–Kier alpha value is -0.910. The molecule has 0 aliphatic heterocycles. The number of hydrogen-bond donors (Lipinski definition) is 2. The lowest BCUT2D eigenvalue weighted by molar-refractivity contribution is 0.220. The molecule has 0 spiro atoms.